The molecule has 0 spiro atoms. The lowest BCUT2D eigenvalue weighted by Gasteiger charge is -2.18. The van der Waals surface area contributed by atoms with Gasteiger partial charge in [-0.15, -0.1) is 0 Å². The van der Waals surface area contributed by atoms with Crippen LogP contribution in [-0.2, 0) is 14.8 Å². The van der Waals surface area contributed by atoms with Crippen molar-refractivity contribution >= 4 is 32.0 Å². The Kier molecular flexibility index (Phi) is 8.79. The molecule has 4 rings (SSSR count). The standard InChI is InChI=1S/C27H29BrN2O5S/c28-19-12-14-21(15-13-19)36(33,34)29-16-6-5-7-20(17-31)30-27(32)35-18-26-24-10-3-1-8-22(24)23-9-2-4-11-25(23)26/h1-4,8-15,20,26,29,31H,5-7,16-18H2,(H,30,32)/t20-/m0/s1. The number of sulfonamides is 1. The van der Waals surface area contributed by atoms with Crippen molar-refractivity contribution in [3.8, 4) is 11.1 Å². The van der Waals surface area contributed by atoms with Gasteiger partial charge in [0.05, 0.1) is 17.5 Å². The monoisotopic (exact) mass is 572 g/mol. The molecule has 9 heteroatoms. The average Bonchev–Trinajstić information content (AvgIpc) is 3.20. The minimum Gasteiger partial charge on any atom is -0.449 e. The number of halogens is 1. The molecule has 1 aliphatic carbocycles. The van der Waals surface area contributed by atoms with Gasteiger partial charge in [-0.3, -0.25) is 0 Å². The fourth-order valence-corrected chi connectivity index (χ4v) is 5.77. The van der Waals surface area contributed by atoms with Crippen LogP contribution in [-0.4, -0.2) is 45.4 Å². The van der Waals surface area contributed by atoms with E-state index < -0.39 is 22.2 Å². The van der Waals surface area contributed by atoms with Crippen LogP contribution in [0.1, 0.15) is 36.3 Å². The van der Waals surface area contributed by atoms with E-state index in [-0.39, 0.29) is 30.6 Å². The molecule has 1 aliphatic rings. The molecular weight excluding hydrogens is 544 g/mol. The van der Waals surface area contributed by atoms with Crippen LogP contribution < -0.4 is 10.0 Å². The summed E-state index contributed by atoms with van der Waals surface area (Å²) in [4.78, 5) is 12.7. The average molecular weight is 574 g/mol. The number of ether oxygens (including phenoxy) is 1. The molecule has 190 valence electrons. The van der Waals surface area contributed by atoms with E-state index in [0.717, 1.165) is 26.7 Å². The maximum atomic E-state index is 12.5. The molecule has 0 fully saturated rings. The molecule has 7 nitrogen and oxygen atoms in total. The van der Waals surface area contributed by atoms with Gasteiger partial charge < -0.3 is 15.2 Å². The van der Waals surface area contributed by atoms with Gasteiger partial charge in [-0.2, -0.15) is 0 Å². The zero-order chi connectivity index (χ0) is 25.5. The van der Waals surface area contributed by atoms with E-state index in [1.54, 1.807) is 12.1 Å². The first-order valence-corrected chi connectivity index (χ1v) is 14.1. The summed E-state index contributed by atoms with van der Waals surface area (Å²) in [6.07, 6.45) is 1.11. The molecule has 0 saturated carbocycles. The van der Waals surface area contributed by atoms with Crippen molar-refractivity contribution in [3.63, 3.8) is 0 Å². The Bertz CT molecular complexity index is 1250. The maximum Gasteiger partial charge on any atom is 0.407 e. The first-order chi connectivity index (χ1) is 17.4. The van der Waals surface area contributed by atoms with Gasteiger partial charge in [0.1, 0.15) is 6.61 Å². The number of rotatable bonds is 11. The lowest BCUT2D eigenvalue weighted by Crippen LogP contribution is -2.38. The van der Waals surface area contributed by atoms with Crippen molar-refractivity contribution < 1.29 is 23.1 Å². The minimum absolute atomic E-state index is 0.0329. The number of hydrogen-bond acceptors (Lipinski definition) is 5. The van der Waals surface area contributed by atoms with E-state index in [1.807, 2.05) is 24.3 Å². The van der Waals surface area contributed by atoms with Crippen LogP contribution in [0.2, 0.25) is 0 Å². The van der Waals surface area contributed by atoms with Crippen LogP contribution in [0.3, 0.4) is 0 Å². The quantitative estimate of drug-likeness (QED) is 0.286. The van der Waals surface area contributed by atoms with Crippen LogP contribution in [0.25, 0.3) is 11.1 Å². The van der Waals surface area contributed by atoms with Crippen LogP contribution in [0, 0.1) is 0 Å². The number of carbonyl (C=O) groups is 1. The van der Waals surface area contributed by atoms with E-state index >= 15 is 0 Å². The second kappa shape index (κ2) is 12.0. The summed E-state index contributed by atoms with van der Waals surface area (Å²) in [6.45, 7) is 0.242. The molecule has 0 bridgehead atoms. The van der Waals surface area contributed by atoms with Gasteiger partial charge in [-0.05, 0) is 59.4 Å². The molecule has 0 saturated heterocycles. The first-order valence-electron chi connectivity index (χ1n) is 11.9. The smallest absolute Gasteiger partial charge is 0.407 e. The van der Waals surface area contributed by atoms with E-state index in [1.165, 1.54) is 12.1 Å². The zero-order valence-electron chi connectivity index (χ0n) is 19.7. The van der Waals surface area contributed by atoms with Gasteiger partial charge in [0.15, 0.2) is 0 Å². The molecular formula is C27H29BrN2O5S. The Morgan fingerprint density at radius 3 is 2.17 bits per heavy atom. The predicted octanol–water partition coefficient (Wildman–Crippen LogP) is 4.80. The Balaban J connectivity index is 1.21. The number of aliphatic hydroxyl groups excluding tert-OH is 1. The van der Waals surface area contributed by atoms with Crippen molar-refractivity contribution in [2.75, 3.05) is 19.8 Å². The molecule has 0 aliphatic heterocycles. The van der Waals surface area contributed by atoms with E-state index in [9.17, 15) is 18.3 Å². The second-order valence-electron chi connectivity index (χ2n) is 8.70. The second-order valence-corrected chi connectivity index (χ2v) is 11.4. The van der Waals surface area contributed by atoms with E-state index in [4.69, 9.17) is 4.74 Å². The number of alkyl carbamates (subject to hydrolysis) is 1. The normalized spacial score (nSPS) is 13.6. The lowest BCUT2D eigenvalue weighted by atomic mass is 9.98. The van der Waals surface area contributed by atoms with E-state index in [2.05, 4.69) is 50.2 Å². The third-order valence-electron chi connectivity index (χ3n) is 6.28. The summed E-state index contributed by atoms with van der Waals surface area (Å²) < 4.78 is 33.6. The highest BCUT2D eigenvalue weighted by Gasteiger charge is 2.29. The zero-order valence-corrected chi connectivity index (χ0v) is 22.1. The van der Waals surface area contributed by atoms with Crippen molar-refractivity contribution in [1.29, 1.82) is 0 Å². The molecule has 0 unspecified atom stereocenters. The number of nitrogens with one attached hydrogen (secondary N) is 2. The van der Waals surface area contributed by atoms with Gasteiger partial charge in [-0.25, -0.2) is 17.9 Å². The molecule has 1 atom stereocenters. The Morgan fingerprint density at radius 2 is 1.56 bits per heavy atom. The number of amides is 1. The molecule has 3 aromatic rings. The Labute approximate surface area is 220 Å². The summed E-state index contributed by atoms with van der Waals surface area (Å²) in [5.74, 6) is -0.0329. The van der Waals surface area contributed by atoms with Gasteiger partial charge in [0, 0.05) is 16.9 Å². The number of hydrogen-bond donors (Lipinski definition) is 3. The number of fused-ring (bicyclic) bond motifs is 3. The van der Waals surface area contributed by atoms with Crippen LogP contribution in [0.4, 0.5) is 4.79 Å². The topological polar surface area (TPSA) is 105 Å². The molecule has 0 radical (unpaired) electrons. The van der Waals surface area contributed by atoms with Crippen molar-refractivity contribution in [3.05, 3.63) is 88.4 Å². The number of aliphatic hydroxyl groups is 1. The molecule has 3 N–H and O–H groups in total. The number of carbonyl (C=O) groups excluding carboxylic acids is 1. The Hall–Kier alpha value is -2.72. The van der Waals surface area contributed by atoms with Crippen LogP contribution in [0.5, 0.6) is 0 Å². The summed E-state index contributed by atoms with van der Waals surface area (Å²) in [5, 5.41) is 12.4. The van der Waals surface area contributed by atoms with E-state index in [0.29, 0.717) is 19.3 Å². The molecule has 36 heavy (non-hydrogen) atoms. The third kappa shape index (κ3) is 6.34. The van der Waals surface area contributed by atoms with Crippen molar-refractivity contribution in [1.82, 2.24) is 10.0 Å². The molecule has 0 heterocycles. The summed E-state index contributed by atoms with van der Waals surface area (Å²) >= 11 is 3.29. The van der Waals surface area contributed by atoms with Gasteiger partial charge in [0.2, 0.25) is 10.0 Å². The van der Waals surface area contributed by atoms with Crippen molar-refractivity contribution in [2.45, 2.75) is 36.1 Å². The fraction of sp³-hybridized carbons (Fsp3) is 0.296. The predicted molar refractivity (Wildman–Crippen MR) is 142 cm³/mol. The minimum atomic E-state index is -3.57. The maximum absolute atomic E-state index is 12.5. The number of unbranched alkanes of at least 4 members (excludes halogenated alkanes) is 1. The highest BCUT2D eigenvalue weighted by molar-refractivity contribution is 9.10. The van der Waals surface area contributed by atoms with Gasteiger partial charge in [0.25, 0.3) is 0 Å². The summed E-state index contributed by atoms with van der Waals surface area (Å²) in [6, 6.07) is 22.2. The van der Waals surface area contributed by atoms with Crippen LogP contribution >= 0.6 is 15.9 Å². The summed E-state index contributed by atoms with van der Waals surface area (Å²) in [7, 11) is -3.57. The SMILES string of the molecule is O=C(N[C@H](CO)CCCCNS(=O)(=O)c1ccc(Br)cc1)OCC1c2ccccc2-c2ccccc21. The van der Waals surface area contributed by atoms with Crippen molar-refractivity contribution in [2.24, 2.45) is 0 Å². The first kappa shape index (κ1) is 26.3. The highest BCUT2D eigenvalue weighted by atomic mass is 79.9. The van der Waals surface area contributed by atoms with Crippen LogP contribution in [0.15, 0.2) is 82.2 Å². The third-order valence-corrected chi connectivity index (χ3v) is 8.29. The summed E-state index contributed by atoms with van der Waals surface area (Å²) in [5.41, 5.74) is 4.59. The van der Waals surface area contributed by atoms with Gasteiger partial charge >= 0.3 is 6.09 Å². The lowest BCUT2D eigenvalue weighted by molar-refractivity contribution is 0.131. The highest BCUT2D eigenvalue weighted by Crippen LogP contribution is 2.44. The fourth-order valence-electron chi connectivity index (χ4n) is 4.44. The van der Waals surface area contributed by atoms with Gasteiger partial charge in [-0.1, -0.05) is 70.9 Å². The molecule has 0 aromatic heterocycles. The largest absolute Gasteiger partial charge is 0.449 e. The molecule has 3 aromatic carbocycles. The Morgan fingerprint density at radius 1 is 0.944 bits per heavy atom. The number of benzene rings is 3. The molecule has 1 amide bonds.